The number of carbonyl (C=O) groups is 1. The van der Waals surface area contributed by atoms with E-state index in [-0.39, 0.29) is 17.1 Å². The Labute approximate surface area is 139 Å². The Morgan fingerprint density at radius 1 is 1.16 bits per heavy atom. The number of methoxy groups -OCH3 is 1. The molecule has 0 aliphatic heterocycles. The standard InChI is InChI=1S/C15H12F3N3O4/c1-25-11-5-6-12(13(8-11)21(23)24)20-14(22)19-10-4-2-3-9(7-10)15(16,17)18/h2-8H,1H3,(H2,19,20,22). The van der Waals surface area contributed by atoms with E-state index < -0.39 is 28.4 Å². The van der Waals surface area contributed by atoms with Gasteiger partial charge in [-0.25, -0.2) is 4.79 Å². The van der Waals surface area contributed by atoms with Gasteiger partial charge in [0.2, 0.25) is 0 Å². The van der Waals surface area contributed by atoms with E-state index in [0.29, 0.717) is 0 Å². The molecule has 7 nitrogen and oxygen atoms in total. The van der Waals surface area contributed by atoms with Crippen molar-refractivity contribution in [2.45, 2.75) is 6.18 Å². The lowest BCUT2D eigenvalue weighted by atomic mass is 10.2. The highest BCUT2D eigenvalue weighted by atomic mass is 19.4. The average molecular weight is 355 g/mol. The van der Waals surface area contributed by atoms with Crippen LogP contribution in [0, 0.1) is 10.1 Å². The van der Waals surface area contributed by atoms with Gasteiger partial charge in [-0.2, -0.15) is 13.2 Å². The minimum Gasteiger partial charge on any atom is -0.496 e. The van der Waals surface area contributed by atoms with Crippen molar-refractivity contribution >= 4 is 23.1 Å². The van der Waals surface area contributed by atoms with Gasteiger partial charge < -0.3 is 15.4 Å². The fourth-order valence-corrected chi connectivity index (χ4v) is 1.95. The first-order valence-corrected chi connectivity index (χ1v) is 6.78. The SMILES string of the molecule is COc1ccc(NC(=O)Nc2cccc(C(F)(F)F)c2)c([N+](=O)[O-])c1. The van der Waals surface area contributed by atoms with Gasteiger partial charge in [0.25, 0.3) is 5.69 Å². The van der Waals surface area contributed by atoms with Gasteiger partial charge in [-0.3, -0.25) is 10.1 Å². The van der Waals surface area contributed by atoms with E-state index in [1.54, 1.807) is 0 Å². The quantitative estimate of drug-likeness (QED) is 0.633. The topological polar surface area (TPSA) is 93.5 Å². The molecule has 0 aliphatic carbocycles. The number of nitrogens with one attached hydrogen (secondary N) is 2. The molecule has 2 aromatic carbocycles. The molecule has 2 aromatic rings. The average Bonchev–Trinajstić information content (AvgIpc) is 2.54. The Bertz CT molecular complexity index is 809. The zero-order chi connectivity index (χ0) is 18.6. The summed E-state index contributed by atoms with van der Waals surface area (Å²) >= 11 is 0. The summed E-state index contributed by atoms with van der Waals surface area (Å²) < 4.78 is 42.8. The number of amides is 2. The number of alkyl halides is 3. The molecule has 0 radical (unpaired) electrons. The van der Waals surface area contributed by atoms with E-state index in [9.17, 15) is 28.1 Å². The molecule has 2 N–H and O–H groups in total. The molecule has 2 amide bonds. The van der Waals surface area contributed by atoms with Crippen molar-refractivity contribution in [3.8, 4) is 5.75 Å². The van der Waals surface area contributed by atoms with Crippen LogP contribution in [0.2, 0.25) is 0 Å². The molecule has 0 spiro atoms. The molecule has 0 heterocycles. The number of hydrogen-bond donors (Lipinski definition) is 2. The first kappa shape index (κ1) is 18.0. The van der Waals surface area contributed by atoms with Gasteiger partial charge in [0, 0.05) is 5.69 Å². The van der Waals surface area contributed by atoms with Crippen LogP contribution < -0.4 is 15.4 Å². The van der Waals surface area contributed by atoms with Crippen LogP contribution in [0.3, 0.4) is 0 Å². The molecular formula is C15H12F3N3O4. The minimum absolute atomic E-state index is 0.108. The van der Waals surface area contributed by atoms with Crippen molar-refractivity contribution in [1.82, 2.24) is 0 Å². The molecule has 0 bridgehead atoms. The molecule has 25 heavy (non-hydrogen) atoms. The molecule has 132 valence electrons. The fraction of sp³-hybridized carbons (Fsp3) is 0.133. The number of anilines is 2. The summed E-state index contributed by atoms with van der Waals surface area (Å²) in [5, 5.41) is 15.5. The molecule has 0 unspecified atom stereocenters. The lowest BCUT2D eigenvalue weighted by Gasteiger charge is -2.11. The summed E-state index contributed by atoms with van der Waals surface area (Å²) in [4.78, 5) is 22.2. The minimum atomic E-state index is -4.55. The monoisotopic (exact) mass is 355 g/mol. The van der Waals surface area contributed by atoms with Gasteiger partial charge >= 0.3 is 12.2 Å². The zero-order valence-electron chi connectivity index (χ0n) is 12.8. The first-order valence-electron chi connectivity index (χ1n) is 6.78. The van der Waals surface area contributed by atoms with Gasteiger partial charge in [0.1, 0.15) is 11.4 Å². The fourth-order valence-electron chi connectivity index (χ4n) is 1.95. The molecular weight excluding hydrogens is 343 g/mol. The van der Waals surface area contributed by atoms with E-state index >= 15 is 0 Å². The Morgan fingerprint density at radius 3 is 2.48 bits per heavy atom. The third-order valence-electron chi connectivity index (χ3n) is 3.10. The molecule has 0 saturated carbocycles. The van der Waals surface area contributed by atoms with E-state index in [1.165, 1.54) is 25.3 Å². The number of halogens is 3. The van der Waals surface area contributed by atoms with Crippen molar-refractivity contribution in [2.24, 2.45) is 0 Å². The molecule has 0 aromatic heterocycles. The number of nitro groups is 1. The second kappa shape index (κ2) is 7.07. The normalized spacial score (nSPS) is 10.9. The number of carbonyl (C=O) groups excluding carboxylic acids is 1. The smallest absolute Gasteiger partial charge is 0.416 e. The second-order valence-electron chi connectivity index (χ2n) is 4.80. The molecule has 0 aliphatic rings. The van der Waals surface area contributed by atoms with Crippen LogP contribution in [0.5, 0.6) is 5.75 Å². The number of rotatable bonds is 4. The van der Waals surface area contributed by atoms with Crippen LogP contribution >= 0.6 is 0 Å². The van der Waals surface area contributed by atoms with Crippen LogP contribution in [-0.4, -0.2) is 18.1 Å². The first-order chi connectivity index (χ1) is 11.7. The Hall–Kier alpha value is -3.30. The highest BCUT2D eigenvalue weighted by Gasteiger charge is 2.30. The third-order valence-corrected chi connectivity index (χ3v) is 3.10. The predicted molar refractivity (Wildman–Crippen MR) is 83.7 cm³/mol. The van der Waals surface area contributed by atoms with Gasteiger partial charge in [-0.1, -0.05) is 6.07 Å². The summed E-state index contributed by atoms with van der Waals surface area (Å²) in [6.45, 7) is 0. The Morgan fingerprint density at radius 2 is 1.88 bits per heavy atom. The Kier molecular flexibility index (Phi) is 5.11. The van der Waals surface area contributed by atoms with E-state index in [1.807, 2.05) is 0 Å². The number of nitrogens with zero attached hydrogens (tertiary/aromatic N) is 1. The van der Waals surface area contributed by atoms with Gasteiger partial charge in [0.15, 0.2) is 0 Å². The predicted octanol–water partition coefficient (Wildman–Crippen LogP) is 4.27. The molecule has 0 saturated heterocycles. The van der Waals surface area contributed by atoms with Crippen molar-refractivity contribution in [2.75, 3.05) is 17.7 Å². The van der Waals surface area contributed by atoms with Crippen LogP contribution in [0.25, 0.3) is 0 Å². The highest BCUT2D eigenvalue weighted by molar-refractivity contribution is 6.01. The second-order valence-corrected chi connectivity index (χ2v) is 4.80. The van der Waals surface area contributed by atoms with E-state index in [4.69, 9.17) is 4.74 Å². The van der Waals surface area contributed by atoms with Crippen molar-refractivity contribution in [1.29, 1.82) is 0 Å². The number of urea groups is 1. The number of benzene rings is 2. The third kappa shape index (κ3) is 4.59. The molecule has 0 fully saturated rings. The van der Waals surface area contributed by atoms with Crippen LogP contribution in [-0.2, 0) is 6.18 Å². The van der Waals surface area contributed by atoms with Crippen LogP contribution in [0.15, 0.2) is 42.5 Å². The maximum atomic E-state index is 12.7. The summed E-state index contributed by atoms with van der Waals surface area (Å²) in [6.07, 6.45) is -4.55. The summed E-state index contributed by atoms with van der Waals surface area (Å²) in [5.74, 6) is 0.218. The summed E-state index contributed by atoms with van der Waals surface area (Å²) in [6, 6.07) is 6.84. The molecule has 2 rings (SSSR count). The van der Waals surface area contributed by atoms with Crippen molar-refractivity contribution in [3.63, 3.8) is 0 Å². The Balaban J connectivity index is 2.17. The lowest BCUT2D eigenvalue weighted by molar-refractivity contribution is -0.384. The number of nitro benzene ring substituents is 1. The van der Waals surface area contributed by atoms with Gasteiger partial charge in [-0.05, 0) is 30.3 Å². The summed E-state index contributed by atoms with van der Waals surface area (Å²) in [7, 11) is 1.33. The maximum absolute atomic E-state index is 12.7. The zero-order valence-corrected chi connectivity index (χ0v) is 12.8. The maximum Gasteiger partial charge on any atom is 0.416 e. The van der Waals surface area contributed by atoms with Crippen LogP contribution in [0.4, 0.5) is 35.0 Å². The van der Waals surface area contributed by atoms with E-state index in [2.05, 4.69) is 10.6 Å². The van der Waals surface area contributed by atoms with Crippen molar-refractivity contribution < 1.29 is 27.6 Å². The van der Waals surface area contributed by atoms with Gasteiger partial charge in [0.05, 0.1) is 23.7 Å². The largest absolute Gasteiger partial charge is 0.496 e. The van der Waals surface area contributed by atoms with Crippen molar-refractivity contribution in [3.05, 3.63) is 58.1 Å². The molecule has 10 heteroatoms. The summed E-state index contributed by atoms with van der Waals surface area (Å²) in [5.41, 5.74) is -1.59. The number of hydrogen-bond acceptors (Lipinski definition) is 4. The number of ether oxygens (including phenoxy) is 1. The van der Waals surface area contributed by atoms with Gasteiger partial charge in [-0.15, -0.1) is 0 Å². The lowest BCUT2D eigenvalue weighted by Crippen LogP contribution is -2.20. The van der Waals surface area contributed by atoms with E-state index in [0.717, 1.165) is 24.3 Å². The highest BCUT2D eigenvalue weighted by Crippen LogP contribution is 2.31. The van der Waals surface area contributed by atoms with Crippen LogP contribution in [0.1, 0.15) is 5.56 Å². The molecule has 0 atom stereocenters.